The summed E-state index contributed by atoms with van der Waals surface area (Å²) in [6, 6.07) is 4.54. The largest absolute Gasteiger partial charge is 0.371 e. The van der Waals surface area contributed by atoms with E-state index in [0.29, 0.717) is 30.5 Å². The predicted octanol–water partition coefficient (Wildman–Crippen LogP) is 2.99. The van der Waals surface area contributed by atoms with Gasteiger partial charge in [-0.2, -0.15) is 5.26 Å². The van der Waals surface area contributed by atoms with Crippen LogP contribution in [0, 0.1) is 17.2 Å². The van der Waals surface area contributed by atoms with Gasteiger partial charge in [-0.25, -0.2) is 4.98 Å². The van der Waals surface area contributed by atoms with E-state index in [9.17, 15) is 10.1 Å². The first-order valence-corrected chi connectivity index (χ1v) is 12.9. The molecule has 2 atom stereocenters. The van der Waals surface area contributed by atoms with Crippen molar-refractivity contribution >= 4 is 34.3 Å². The Morgan fingerprint density at radius 1 is 1.39 bits per heavy atom. The van der Waals surface area contributed by atoms with Crippen molar-refractivity contribution in [3.63, 3.8) is 0 Å². The molecule has 1 unspecified atom stereocenters. The van der Waals surface area contributed by atoms with Crippen molar-refractivity contribution in [3.8, 4) is 6.07 Å². The Labute approximate surface area is 198 Å². The first kappa shape index (κ1) is 22.7. The van der Waals surface area contributed by atoms with Crippen LogP contribution in [0.25, 0.3) is 0 Å². The molecule has 1 saturated heterocycles. The lowest BCUT2D eigenvalue weighted by Gasteiger charge is -2.41. The number of carbonyl (C=O) groups excluding carboxylic acids is 1. The van der Waals surface area contributed by atoms with Crippen LogP contribution in [-0.2, 0) is 9.53 Å². The van der Waals surface area contributed by atoms with E-state index in [4.69, 9.17) is 9.72 Å². The summed E-state index contributed by atoms with van der Waals surface area (Å²) in [6.07, 6.45) is 4.32. The number of halogens is 1. The number of nitrogens with one attached hydrogen (secondary N) is 1. The van der Waals surface area contributed by atoms with E-state index in [1.54, 1.807) is 0 Å². The molecule has 0 bridgehead atoms. The molecule has 2 aliphatic carbocycles. The first-order chi connectivity index (χ1) is 15.1. The van der Waals surface area contributed by atoms with Crippen LogP contribution in [0.15, 0.2) is 6.07 Å². The maximum atomic E-state index is 12.6. The smallest absolute Gasteiger partial charge is 0.226 e. The molecule has 0 radical (unpaired) electrons. The predicted molar refractivity (Wildman–Crippen MR) is 129 cm³/mol. The van der Waals surface area contributed by atoms with Gasteiger partial charge in [0.25, 0.3) is 0 Å². The van der Waals surface area contributed by atoms with E-state index in [1.165, 1.54) is 0 Å². The monoisotopic (exact) mass is 537 g/mol. The number of hydrogen-bond donors (Lipinski definition) is 1. The van der Waals surface area contributed by atoms with Gasteiger partial charge in [0, 0.05) is 54.0 Å². The van der Waals surface area contributed by atoms with Crippen molar-refractivity contribution < 1.29 is 9.53 Å². The van der Waals surface area contributed by atoms with Gasteiger partial charge >= 0.3 is 0 Å². The summed E-state index contributed by atoms with van der Waals surface area (Å²) in [7, 11) is 1.92. The Morgan fingerprint density at radius 2 is 2.16 bits per heavy atom. The fourth-order valence-corrected chi connectivity index (χ4v) is 5.09. The van der Waals surface area contributed by atoms with E-state index in [-0.39, 0.29) is 18.1 Å². The molecule has 3 aliphatic rings. The Kier molecular flexibility index (Phi) is 7.34. The molecule has 0 aromatic carbocycles. The standard InChI is InChI=1S/C23H32IN5O2/c1-15-14-28(8-9-29(15)23(30)17-5-6-17)22-18(13-25)11-19(21(27-22)16-3-4-16)20(12-24)31-10-7-26-2/h11,15-17,20,26H,3-10,12,14H2,1-2H3/t15-,20?/m1/s1. The fourth-order valence-electron chi connectivity index (χ4n) is 4.36. The van der Waals surface area contributed by atoms with Crippen LogP contribution in [0.1, 0.15) is 61.4 Å². The molecular weight excluding hydrogens is 505 g/mol. The highest BCUT2D eigenvalue weighted by Crippen LogP contribution is 2.44. The van der Waals surface area contributed by atoms with E-state index in [0.717, 1.165) is 66.8 Å². The number of aromatic nitrogens is 1. The summed E-state index contributed by atoms with van der Waals surface area (Å²) in [4.78, 5) is 21.9. The van der Waals surface area contributed by atoms with Crippen LogP contribution in [0.5, 0.6) is 0 Å². The molecule has 2 heterocycles. The second-order valence-electron chi connectivity index (χ2n) is 8.94. The number of amides is 1. The Balaban J connectivity index is 1.57. The Morgan fingerprint density at radius 3 is 2.74 bits per heavy atom. The molecule has 31 heavy (non-hydrogen) atoms. The molecule has 0 spiro atoms. The molecule has 168 valence electrons. The number of alkyl halides is 1. The van der Waals surface area contributed by atoms with Gasteiger partial charge in [-0.05, 0) is 45.7 Å². The SMILES string of the molecule is CNCCOC(CI)c1cc(C#N)c(N2CCN(C(=O)C3CC3)[C@H](C)C2)nc1C1CC1. The van der Waals surface area contributed by atoms with Gasteiger partial charge in [0.1, 0.15) is 11.9 Å². The lowest BCUT2D eigenvalue weighted by Crippen LogP contribution is -2.55. The van der Waals surface area contributed by atoms with Gasteiger partial charge in [-0.15, -0.1) is 0 Å². The van der Waals surface area contributed by atoms with Gasteiger partial charge in [0.15, 0.2) is 0 Å². The van der Waals surface area contributed by atoms with Gasteiger partial charge in [0.05, 0.1) is 24.0 Å². The lowest BCUT2D eigenvalue weighted by molar-refractivity contribution is -0.134. The number of hydrogen-bond acceptors (Lipinski definition) is 6. The number of nitrogens with zero attached hydrogens (tertiary/aromatic N) is 4. The van der Waals surface area contributed by atoms with Crippen LogP contribution in [0.3, 0.4) is 0 Å². The molecule has 4 rings (SSSR count). The Bertz CT molecular complexity index is 849. The van der Waals surface area contributed by atoms with E-state index in [2.05, 4.69) is 45.8 Å². The third-order valence-electron chi connectivity index (χ3n) is 6.44. The average Bonchev–Trinajstić information content (AvgIpc) is 3.68. The molecule has 7 nitrogen and oxygen atoms in total. The van der Waals surface area contributed by atoms with Gasteiger partial charge < -0.3 is 19.9 Å². The van der Waals surface area contributed by atoms with Gasteiger partial charge in [0.2, 0.25) is 5.91 Å². The summed E-state index contributed by atoms with van der Waals surface area (Å²) in [5.74, 6) is 1.80. The molecule has 1 N–H and O–H groups in total. The number of ether oxygens (including phenoxy) is 1. The quantitative estimate of drug-likeness (QED) is 0.297. The van der Waals surface area contributed by atoms with Crippen LogP contribution >= 0.6 is 22.6 Å². The van der Waals surface area contributed by atoms with Gasteiger partial charge in [-0.1, -0.05) is 22.6 Å². The zero-order chi connectivity index (χ0) is 22.0. The normalized spacial score (nSPS) is 22.3. The minimum absolute atomic E-state index is 0.0508. The number of nitriles is 1. The zero-order valence-corrected chi connectivity index (χ0v) is 20.6. The minimum Gasteiger partial charge on any atom is -0.371 e. The molecule has 1 amide bonds. The van der Waals surface area contributed by atoms with Crippen LogP contribution in [-0.4, -0.2) is 66.1 Å². The number of likely N-dealkylation sites (N-methyl/N-ethyl adjacent to an activating group) is 1. The third-order valence-corrected chi connectivity index (χ3v) is 7.24. The molecule has 2 saturated carbocycles. The highest BCUT2D eigenvalue weighted by atomic mass is 127. The van der Waals surface area contributed by atoms with Crippen molar-refractivity contribution in [1.29, 1.82) is 5.26 Å². The van der Waals surface area contributed by atoms with Gasteiger partial charge in [-0.3, -0.25) is 4.79 Å². The summed E-state index contributed by atoms with van der Waals surface area (Å²) >= 11 is 2.36. The topological polar surface area (TPSA) is 81.5 Å². The number of anilines is 1. The molecule has 1 aliphatic heterocycles. The maximum absolute atomic E-state index is 12.6. The van der Waals surface area contributed by atoms with Crippen LogP contribution in [0.4, 0.5) is 5.82 Å². The minimum atomic E-state index is -0.0508. The second kappa shape index (κ2) is 10.0. The zero-order valence-electron chi connectivity index (χ0n) is 18.4. The van der Waals surface area contributed by atoms with Crippen molar-refractivity contribution in [2.75, 3.05) is 49.2 Å². The molecule has 1 aromatic heterocycles. The van der Waals surface area contributed by atoms with Crippen molar-refractivity contribution in [1.82, 2.24) is 15.2 Å². The Hall–Kier alpha value is -1.44. The fraction of sp³-hybridized carbons (Fsp3) is 0.696. The van der Waals surface area contributed by atoms with E-state index in [1.807, 2.05) is 18.0 Å². The summed E-state index contributed by atoms with van der Waals surface area (Å²) in [6.45, 7) is 5.68. The molecular formula is C23H32IN5O2. The number of rotatable bonds is 9. The number of pyridine rings is 1. The van der Waals surface area contributed by atoms with Crippen molar-refractivity contribution in [3.05, 3.63) is 22.9 Å². The molecule has 3 fully saturated rings. The molecule has 8 heteroatoms. The van der Waals surface area contributed by atoms with Crippen molar-refractivity contribution in [2.24, 2.45) is 5.92 Å². The van der Waals surface area contributed by atoms with Crippen LogP contribution in [0.2, 0.25) is 0 Å². The summed E-state index contributed by atoms with van der Waals surface area (Å²) in [5.41, 5.74) is 2.79. The maximum Gasteiger partial charge on any atom is 0.226 e. The van der Waals surface area contributed by atoms with E-state index < -0.39 is 0 Å². The third kappa shape index (κ3) is 5.15. The second-order valence-corrected chi connectivity index (χ2v) is 9.82. The summed E-state index contributed by atoms with van der Waals surface area (Å²) in [5, 5.41) is 13.1. The number of piperazine rings is 1. The molecule has 1 aromatic rings. The van der Waals surface area contributed by atoms with Crippen LogP contribution < -0.4 is 10.2 Å². The first-order valence-electron chi connectivity index (χ1n) is 11.4. The summed E-state index contributed by atoms with van der Waals surface area (Å²) < 4.78 is 6.96. The number of carbonyl (C=O) groups is 1. The lowest BCUT2D eigenvalue weighted by atomic mass is 10.0. The highest BCUT2D eigenvalue weighted by molar-refractivity contribution is 14.1. The van der Waals surface area contributed by atoms with E-state index >= 15 is 0 Å². The average molecular weight is 537 g/mol. The highest BCUT2D eigenvalue weighted by Gasteiger charge is 2.38. The van der Waals surface area contributed by atoms with Crippen molar-refractivity contribution in [2.45, 2.75) is 50.7 Å².